The average Bonchev–Trinajstić information content (AvgIpc) is 3.10. The molecule has 0 radical (unpaired) electrons. The maximum absolute atomic E-state index is 12.5. The van der Waals surface area contributed by atoms with Crippen LogP contribution in [-0.4, -0.2) is 76.2 Å². The van der Waals surface area contributed by atoms with Crippen LogP contribution in [-0.2, 0) is 11.5 Å². The average molecular weight is 480 g/mol. The molecule has 2 aromatic rings. The normalized spacial score (nSPS) is 18.9. The molecule has 2 fully saturated rings. The van der Waals surface area contributed by atoms with E-state index in [1.807, 2.05) is 29.2 Å². The van der Waals surface area contributed by atoms with Crippen molar-refractivity contribution in [1.29, 1.82) is 0 Å². The highest BCUT2D eigenvalue weighted by Crippen LogP contribution is 2.22. The van der Waals surface area contributed by atoms with Crippen LogP contribution in [0.15, 0.2) is 33.2 Å². The van der Waals surface area contributed by atoms with Gasteiger partial charge in [-0.2, -0.15) is 0 Å². The summed E-state index contributed by atoms with van der Waals surface area (Å²) in [5, 5.41) is 4.55. The molecule has 1 aromatic heterocycles. The number of nitrogens with zero attached hydrogens (tertiary/aromatic N) is 5. The fourth-order valence-electron chi connectivity index (χ4n) is 3.85. The van der Waals surface area contributed by atoms with E-state index < -0.39 is 0 Å². The molecule has 0 bridgehead atoms. The summed E-state index contributed by atoms with van der Waals surface area (Å²) in [4.78, 5) is 19.4. The maximum Gasteiger partial charge on any atom is 0.288 e. The highest BCUT2D eigenvalue weighted by molar-refractivity contribution is 9.10. The summed E-state index contributed by atoms with van der Waals surface area (Å²) in [6.45, 7) is 6.50. The highest BCUT2D eigenvalue weighted by atomic mass is 79.9. The number of likely N-dealkylation sites (tertiary alicyclic amines) is 1. The number of benzene rings is 1. The zero-order chi connectivity index (χ0) is 20.2. The van der Waals surface area contributed by atoms with Crippen LogP contribution in [0.2, 0.25) is 0 Å². The first-order valence-corrected chi connectivity index (χ1v) is 11.3. The Morgan fingerprint density at radius 3 is 2.52 bits per heavy atom. The van der Waals surface area contributed by atoms with E-state index in [9.17, 15) is 4.79 Å². The van der Waals surface area contributed by atoms with Crippen LogP contribution in [0, 0.1) is 4.84 Å². The lowest BCUT2D eigenvalue weighted by Gasteiger charge is -2.35. The Balaban J connectivity index is 1.30. The molecule has 9 heteroatoms. The van der Waals surface area contributed by atoms with Gasteiger partial charge in [-0.3, -0.25) is 14.6 Å². The Labute approximate surface area is 184 Å². The van der Waals surface area contributed by atoms with Gasteiger partial charge in [-0.15, -0.1) is 5.10 Å². The smallest absolute Gasteiger partial charge is 0.288 e. The van der Waals surface area contributed by atoms with Gasteiger partial charge in [0.1, 0.15) is 0 Å². The lowest BCUT2D eigenvalue weighted by molar-refractivity contribution is -0.133. The Morgan fingerprint density at radius 1 is 1.07 bits per heavy atom. The van der Waals surface area contributed by atoms with Crippen molar-refractivity contribution < 1.29 is 9.21 Å². The van der Waals surface area contributed by atoms with Crippen molar-refractivity contribution in [2.24, 2.45) is 0 Å². The predicted molar refractivity (Wildman–Crippen MR) is 117 cm³/mol. The van der Waals surface area contributed by atoms with Crippen molar-refractivity contribution in [3.63, 3.8) is 0 Å². The van der Waals surface area contributed by atoms with Crippen molar-refractivity contribution in [2.75, 3.05) is 45.8 Å². The molecule has 0 N–H and O–H groups in total. The number of carbonyl (C=O) groups excluding carboxylic acids is 1. The number of amides is 1. The summed E-state index contributed by atoms with van der Waals surface area (Å²) in [6.07, 6.45) is 3.52. The van der Waals surface area contributed by atoms with E-state index in [2.05, 4.69) is 30.8 Å². The largest absolute Gasteiger partial charge is 0.409 e. The summed E-state index contributed by atoms with van der Waals surface area (Å²) in [5.74, 6) is 0.803. The zero-order valence-corrected chi connectivity index (χ0v) is 18.8. The molecule has 0 saturated carbocycles. The van der Waals surface area contributed by atoms with Crippen LogP contribution in [0.25, 0.3) is 11.5 Å². The molecule has 2 saturated heterocycles. The minimum atomic E-state index is 0.274. The van der Waals surface area contributed by atoms with E-state index in [0.29, 0.717) is 23.9 Å². The SMILES string of the molecule is O=C(CN1CCN(Cn2nc(-c3cccc(Br)c3)oc2=S)CC1)N1CCCCC1. The van der Waals surface area contributed by atoms with Crippen LogP contribution in [0.5, 0.6) is 0 Å². The molecular formula is C20H26BrN5O2S. The maximum atomic E-state index is 12.5. The second kappa shape index (κ2) is 9.51. The molecule has 0 atom stereocenters. The zero-order valence-electron chi connectivity index (χ0n) is 16.4. The molecule has 0 spiro atoms. The first-order valence-electron chi connectivity index (χ1n) is 10.1. The lowest BCUT2D eigenvalue weighted by Crippen LogP contribution is -2.50. The van der Waals surface area contributed by atoms with Crippen LogP contribution in [0.3, 0.4) is 0 Å². The third-order valence-corrected chi connectivity index (χ3v) is 6.33. The van der Waals surface area contributed by atoms with Gasteiger partial charge in [0.15, 0.2) is 0 Å². The van der Waals surface area contributed by atoms with Crippen molar-refractivity contribution in [3.8, 4) is 11.5 Å². The molecule has 1 amide bonds. The fourth-order valence-corrected chi connectivity index (χ4v) is 4.42. The second-order valence-corrected chi connectivity index (χ2v) is 8.92. The minimum Gasteiger partial charge on any atom is -0.409 e. The highest BCUT2D eigenvalue weighted by Gasteiger charge is 2.23. The number of halogens is 1. The summed E-state index contributed by atoms with van der Waals surface area (Å²) >= 11 is 8.83. The van der Waals surface area contributed by atoms with Gasteiger partial charge < -0.3 is 9.32 Å². The van der Waals surface area contributed by atoms with Gasteiger partial charge in [0.25, 0.3) is 4.84 Å². The van der Waals surface area contributed by atoms with E-state index in [1.165, 1.54) is 6.42 Å². The minimum absolute atomic E-state index is 0.274. The van der Waals surface area contributed by atoms with Gasteiger partial charge in [0.05, 0.1) is 13.2 Å². The van der Waals surface area contributed by atoms with Crippen molar-refractivity contribution >= 4 is 34.1 Å². The van der Waals surface area contributed by atoms with Crippen molar-refractivity contribution in [2.45, 2.75) is 25.9 Å². The molecule has 2 aliphatic heterocycles. The van der Waals surface area contributed by atoms with Crippen LogP contribution in [0.1, 0.15) is 19.3 Å². The molecule has 0 unspecified atom stereocenters. The number of hydrogen-bond acceptors (Lipinski definition) is 6. The Kier molecular flexibility index (Phi) is 6.79. The number of aromatic nitrogens is 2. The molecule has 29 heavy (non-hydrogen) atoms. The van der Waals surface area contributed by atoms with Gasteiger partial charge in [-0.05, 0) is 49.7 Å². The second-order valence-electron chi connectivity index (χ2n) is 7.66. The number of carbonyl (C=O) groups is 1. The van der Waals surface area contributed by atoms with Gasteiger partial charge in [0, 0.05) is 49.3 Å². The molecule has 1 aromatic carbocycles. The van der Waals surface area contributed by atoms with Crippen molar-refractivity contribution in [3.05, 3.63) is 33.6 Å². The molecule has 3 heterocycles. The number of piperazine rings is 1. The van der Waals surface area contributed by atoms with Crippen LogP contribution < -0.4 is 0 Å². The summed E-state index contributed by atoms with van der Waals surface area (Å²) < 4.78 is 8.41. The standard InChI is InChI=1S/C20H26BrN5O2S/c21-17-6-4-5-16(13-17)19-22-26(20(29)28-19)15-24-11-9-23(10-12-24)14-18(27)25-7-2-1-3-8-25/h4-6,13H,1-3,7-12,14-15H2. The third-order valence-electron chi connectivity index (χ3n) is 5.54. The van der Waals surface area contributed by atoms with Crippen LogP contribution in [0.4, 0.5) is 0 Å². The van der Waals surface area contributed by atoms with E-state index in [-0.39, 0.29) is 5.91 Å². The van der Waals surface area contributed by atoms with E-state index in [4.69, 9.17) is 16.6 Å². The molecule has 4 rings (SSSR count). The quantitative estimate of drug-likeness (QED) is 0.613. The summed E-state index contributed by atoms with van der Waals surface area (Å²) in [7, 11) is 0. The molecule has 0 aliphatic carbocycles. The van der Waals surface area contributed by atoms with Crippen LogP contribution >= 0.6 is 28.1 Å². The van der Waals surface area contributed by atoms with Crippen molar-refractivity contribution in [1.82, 2.24) is 24.5 Å². The lowest BCUT2D eigenvalue weighted by atomic mass is 10.1. The van der Waals surface area contributed by atoms with Gasteiger partial charge >= 0.3 is 0 Å². The molecule has 7 nitrogen and oxygen atoms in total. The van der Waals surface area contributed by atoms with Gasteiger partial charge in [0.2, 0.25) is 11.8 Å². The van der Waals surface area contributed by atoms with E-state index in [0.717, 1.165) is 62.1 Å². The van der Waals surface area contributed by atoms with E-state index in [1.54, 1.807) is 4.68 Å². The number of hydrogen-bond donors (Lipinski definition) is 0. The monoisotopic (exact) mass is 479 g/mol. The summed E-state index contributed by atoms with van der Waals surface area (Å²) in [6, 6.07) is 7.82. The Hall–Kier alpha value is -1.55. The van der Waals surface area contributed by atoms with E-state index >= 15 is 0 Å². The number of rotatable bonds is 5. The first kappa shape index (κ1) is 20.7. The molecular weight excluding hydrogens is 454 g/mol. The fraction of sp³-hybridized carbons (Fsp3) is 0.550. The molecule has 156 valence electrons. The Morgan fingerprint density at radius 2 is 1.79 bits per heavy atom. The topological polar surface area (TPSA) is 57.8 Å². The summed E-state index contributed by atoms with van der Waals surface area (Å²) in [5.41, 5.74) is 0.894. The van der Waals surface area contributed by atoms with Gasteiger partial charge in [-0.1, -0.05) is 22.0 Å². The van der Waals surface area contributed by atoms with Gasteiger partial charge in [-0.25, -0.2) is 4.68 Å². The Bertz CT molecular complexity index is 900. The molecule has 2 aliphatic rings. The predicted octanol–water partition coefficient (Wildman–Crippen LogP) is 3.22. The number of piperidine rings is 1. The third kappa shape index (κ3) is 5.33. The first-order chi connectivity index (χ1) is 14.1.